The van der Waals surface area contributed by atoms with Crippen molar-refractivity contribution in [2.45, 2.75) is 175 Å². The van der Waals surface area contributed by atoms with Gasteiger partial charge in [-0.15, -0.1) is 0 Å². The van der Waals surface area contributed by atoms with Gasteiger partial charge >= 0.3 is 35.0 Å². The van der Waals surface area contributed by atoms with Crippen LogP contribution in [-0.4, -0.2) is 85.9 Å². The number of esters is 3. The molecule has 0 aromatic carbocycles. The number of rotatable bonds is 39. The van der Waals surface area contributed by atoms with Gasteiger partial charge in [0.05, 0.1) is 19.6 Å². The van der Waals surface area contributed by atoms with Crippen LogP contribution >= 0.6 is 35.3 Å². The average molecular weight is 862 g/mol. The lowest BCUT2D eigenvalue weighted by molar-refractivity contribution is -0.144. The first-order valence-corrected chi connectivity index (χ1v) is 25.4. The molecular weight excluding hydrogens is 787 g/mol. The van der Waals surface area contributed by atoms with E-state index in [1.54, 1.807) is 0 Å². The number of hydrogen-bond acceptors (Lipinski definition) is 12. The number of hydrogen-bond donors (Lipinski definition) is 0. The normalized spacial score (nSPS) is 11.2. The first-order valence-electron chi connectivity index (χ1n) is 21.9. The van der Waals surface area contributed by atoms with Crippen LogP contribution in [0.25, 0.3) is 0 Å². The third-order valence-corrected chi connectivity index (χ3v) is 12.8. The molecule has 12 nitrogen and oxygen atoms in total. The average Bonchev–Trinajstić information content (AvgIpc) is 3.19. The van der Waals surface area contributed by atoms with Crippen molar-refractivity contribution in [3.05, 3.63) is 31.5 Å². The van der Waals surface area contributed by atoms with Gasteiger partial charge in [-0.2, -0.15) is 35.3 Å². The molecule has 15 heteroatoms. The van der Waals surface area contributed by atoms with Gasteiger partial charge in [0.2, 0.25) is 0 Å². The van der Waals surface area contributed by atoms with E-state index in [-0.39, 0.29) is 58.7 Å². The minimum Gasteiger partial charge on any atom is -0.464 e. The van der Waals surface area contributed by atoms with Gasteiger partial charge in [0.1, 0.15) is 19.8 Å². The third-order valence-electron chi connectivity index (χ3n) is 9.30. The van der Waals surface area contributed by atoms with Crippen LogP contribution in [0.3, 0.4) is 0 Å². The molecule has 0 saturated carbocycles. The zero-order valence-corrected chi connectivity index (χ0v) is 38.0. The molecule has 1 rings (SSSR count). The standard InChI is InChI=1S/C42H75N3O9S3/c1-4-7-10-16-31-55-34-19-13-22-37(46)52-28-25-43-40(49)44(26-29-53-38(47)23-14-20-35-56-32-17-11-8-5-2)42(51)45(41(43)50)27-30-54-39(48)24-15-21-36-57-33-18-12-9-6-3/h4-36H2,1-3H3. The van der Waals surface area contributed by atoms with E-state index in [0.29, 0.717) is 19.3 Å². The first-order chi connectivity index (χ1) is 27.8. The van der Waals surface area contributed by atoms with Crippen LogP contribution < -0.4 is 17.1 Å². The number of ether oxygens (including phenoxy) is 3. The van der Waals surface area contributed by atoms with Gasteiger partial charge in [-0.05, 0) is 92.3 Å². The summed E-state index contributed by atoms with van der Waals surface area (Å²) < 4.78 is 18.6. The number of aromatic nitrogens is 3. The quantitative estimate of drug-likeness (QED) is 0.0357. The highest BCUT2D eigenvalue weighted by atomic mass is 32.2. The van der Waals surface area contributed by atoms with Crippen LogP contribution in [0, 0.1) is 0 Å². The summed E-state index contributed by atoms with van der Waals surface area (Å²) in [5.41, 5.74) is -2.67. The minimum atomic E-state index is -0.888. The predicted molar refractivity (Wildman–Crippen MR) is 238 cm³/mol. The summed E-state index contributed by atoms with van der Waals surface area (Å²) in [6, 6.07) is 0. The molecule has 0 bridgehead atoms. The van der Waals surface area contributed by atoms with Gasteiger partial charge in [0.15, 0.2) is 0 Å². The lowest BCUT2D eigenvalue weighted by Gasteiger charge is -2.14. The maximum Gasteiger partial charge on any atom is 0.336 e. The number of nitrogens with zero attached hydrogens (tertiary/aromatic N) is 3. The van der Waals surface area contributed by atoms with Gasteiger partial charge in [-0.3, -0.25) is 14.4 Å². The smallest absolute Gasteiger partial charge is 0.336 e. The van der Waals surface area contributed by atoms with E-state index in [4.69, 9.17) is 14.2 Å². The van der Waals surface area contributed by atoms with Crippen molar-refractivity contribution in [2.75, 3.05) is 54.3 Å². The summed E-state index contributed by atoms with van der Waals surface area (Å²) >= 11 is 5.69. The number of carbonyl (C=O) groups is 3. The molecule has 0 unspecified atom stereocenters. The summed E-state index contributed by atoms with van der Waals surface area (Å²) in [4.78, 5) is 77.4. The molecule has 0 atom stereocenters. The lowest BCUT2D eigenvalue weighted by atomic mass is 10.2. The minimum absolute atomic E-state index is 0.226. The maximum absolute atomic E-state index is 13.4. The predicted octanol–water partition coefficient (Wildman–Crippen LogP) is 8.25. The molecule has 0 aliphatic carbocycles. The molecule has 0 N–H and O–H groups in total. The topological polar surface area (TPSA) is 145 Å². The van der Waals surface area contributed by atoms with Gasteiger partial charge < -0.3 is 14.2 Å². The summed E-state index contributed by atoms with van der Waals surface area (Å²) in [6.07, 6.45) is 20.3. The second-order valence-electron chi connectivity index (χ2n) is 14.4. The Bertz CT molecular complexity index is 1190. The zero-order valence-electron chi connectivity index (χ0n) is 35.6. The SMILES string of the molecule is CCCCCCSCCCCC(=O)OCCn1c(=O)n(CCOC(=O)CCCCSCCCCCC)c(=O)n(CCOC(=O)CCCCSCCCCCC)c1=O. The fourth-order valence-corrected chi connectivity index (χ4v) is 8.91. The Labute approximate surface area is 355 Å². The largest absolute Gasteiger partial charge is 0.464 e. The molecule has 0 radical (unpaired) electrons. The van der Waals surface area contributed by atoms with E-state index in [1.807, 2.05) is 35.3 Å². The molecule has 0 aliphatic heterocycles. The second-order valence-corrected chi connectivity index (χ2v) is 18.0. The van der Waals surface area contributed by atoms with E-state index >= 15 is 0 Å². The van der Waals surface area contributed by atoms with E-state index in [2.05, 4.69) is 20.8 Å². The van der Waals surface area contributed by atoms with Crippen LogP contribution in [0.1, 0.15) is 156 Å². The van der Waals surface area contributed by atoms with E-state index in [9.17, 15) is 28.8 Å². The molecule has 1 heterocycles. The molecule has 0 amide bonds. The lowest BCUT2D eigenvalue weighted by Crippen LogP contribution is -2.55. The van der Waals surface area contributed by atoms with Crippen molar-refractivity contribution in [3.63, 3.8) is 0 Å². The Morgan fingerprint density at radius 3 is 0.877 bits per heavy atom. The fraction of sp³-hybridized carbons (Fsp3) is 0.857. The van der Waals surface area contributed by atoms with Gasteiger partial charge in [-0.1, -0.05) is 78.6 Å². The Balaban J connectivity index is 2.73. The highest BCUT2D eigenvalue weighted by Crippen LogP contribution is 2.13. The van der Waals surface area contributed by atoms with Crippen molar-refractivity contribution in [1.82, 2.24) is 13.7 Å². The molecule has 330 valence electrons. The first kappa shape index (κ1) is 52.9. The van der Waals surface area contributed by atoms with Crippen molar-refractivity contribution < 1.29 is 28.6 Å². The molecule has 0 spiro atoms. The molecule has 0 fully saturated rings. The van der Waals surface area contributed by atoms with Crippen LogP contribution in [-0.2, 0) is 48.2 Å². The molecule has 1 aromatic heterocycles. The zero-order chi connectivity index (χ0) is 41.8. The Morgan fingerprint density at radius 2 is 0.632 bits per heavy atom. The summed E-state index contributed by atoms with van der Waals surface area (Å²) in [5, 5.41) is 0. The highest BCUT2D eigenvalue weighted by molar-refractivity contribution is 7.99. The third kappa shape index (κ3) is 27.3. The Morgan fingerprint density at radius 1 is 0.386 bits per heavy atom. The molecule has 0 saturated heterocycles. The van der Waals surface area contributed by atoms with E-state index in [0.717, 1.165) is 67.5 Å². The fourth-order valence-electron chi connectivity index (χ4n) is 5.84. The molecule has 1 aromatic rings. The number of carbonyl (C=O) groups excluding carboxylic acids is 3. The van der Waals surface area contributed by atoms with Gasteiger partial charge in [0.25, 0.3) is 0 Å². The van der Waals surface area contributed by atoms with Crippen LogP contribution in [0.15, 0.2) is 14.4 Å². The second kappa shape index (κ2) is 36.9. The van der Waals surface area contributed by atoms with E-state index in [1.165, 1.54) is 77.0 Å². The Kier molecular flexibility index (Phi) is 34.2. The van der Waals surface area contributed by atoms with Crippen molar-refractivity contribution >= 4 is 53.2 Å². The van der Waals surface area contributed by atoms with Gasteiger partial charge in [0, 0.05) is 19.3 Å². The van der Waals surface area contributed by atoms with Crippen molar-refractivity contribution in [3.8, 4) is 0 Å². The summed E-state index contributed by atoms with van der Waals surface area (Å²) in [7, 11) is 0. The van der Waals surface area contributed by atoms with E-state index < -0.39 is 35.0 Å². The van der Waals surface area contributed by atoms with Crippen molar-refractivity contribution in [2.24, 2.45) is 0 Å². The summed E-state index contributed by atoms with van der Waals surface area (Å²) in [6.45, 7) is 5.13. The Hall–Kier alpha value is -2.13. The maximum atomic E-state index is 13.4. The molecular formula is C42H75N3O9S3. The summed E-state index contributed by atoms with van der Waals surface area (Å²) in [5.74, 6) is 5.08. The van der Waals surface area contributed by atoms with Gasteiger partial charge in [-0.25, -0.2) is 28.1 Å². The monoisotopic (exact) mass is 861 g/mol. The highest BCUT2D eigenvalue weighted by Gasteiger charge is 2.17. The molecule has 0 aliphatic rings. The number of unbranched alkanes of at least 4 members (excludes halogenated alkanes) is 12. The van der Waals surface area contributed by atoms with Crippen LogP contribution in [0.4, 0.5) is 0 Å². The van der Waals surface area contributed by atoms with Crippen LogP contribution in [0.5, 0.6) is 0 Å². The molecule has 57 heavy (non-hydrogen) atoms. The van der Waals surface area contributed by atoms with Crippen molar-refractivity contribution in [1.29, 1.82) is 0 Å². The van der Waals surface area contributed by atoms with Crippen LogP contribution in [0.2, 0.25) is 0 Å². The number of thioether (sulfide) groups is 3.